The maximum atomic E-state index is 11.9. The smallest absolute Gasteiger partial charge is 0.185 e. The van der Waals surface area contributed by atoms with Crippen LogP contribution in [-0.4, -0.2) is 18.0 Å². The van der Waals surface area contributed by atoms with Crippen molar-refractivity contribution in [3.05, 3.63) is 64.7 Å². The molecule has 0 bridgehead atoms. The number of carbonyl (C=O) groups is 1. The molecular formula is C16H13ClO3. The van der Waals surface area contributed by atoms with Crippen LogP contribution in [0.25, 0.3) is 6.08 Å². The third-order valence-corrected chi connectivity index (χ3v) is 3.01. The molecule has 0 fully saturated rings. The monoisotopic (exact) mass is 288 g/mol. The molecule has 0 spiro atoms. The van der Waals surface area contributed by atoms with Gasteiger partial charge in [0.2, 0.25) is 0 Å². The van der Waals surface area contributed by atoms with E-state index in [1.54, 1.807) is 42.5 Å². The Morgan fingerprint density at radius 1 is 1.20 bits per heavy atom. The van der Waals surface area contributed by atoms with Crippen molar-refractivity contribution in [2.75, 3.05) is 7.11 Å². The van der Waals surface area contributed by atoms with Crippen molar-refractivity contribution in [1.29, 1.82) is 0 Å². The molecule has 20 heavy (non-hydrogen) atoms. The van der Waals surface area contributed by atoms with E-state index in [0.29, 0.717) is 16.3 Å². The number of phenolic OH excluding ortho intramolecular Hbond substituents is 1. The molecule has 0 radical (unpaired) electrons. The van der Waals surface area contributed by atoms with Crippen molar-refractivity contribution in [3.8, 4) is 11.5 Å². The molecule has 0 saturated carbocycles. The Kier molecular flexibility index (Phi) is 4.43. The Morgan fingerprint density at radius 2 is 1.90 bits per heavy atom. The number of ether oxygens (including phenoxy) is 1. The second-order valence-electron chi connectivity index (χ2n) is 4.14. The molecule has 2 aromatic carbocycles. The van der Waals surface area contributed by atoms with Gasteiger partial charge in [0.05, 0.1) is 7.11 Å². The summed E-state index contributed by atoms with van der Waals surface area (Å²) in [5.74, 6) is 0.313. The first kappa shape index (κ1) is 14.2. The van der Waals surface area contributed by atoms with Gasteiger partial charge in [0.1, 0.15) is 0 Å². The topological polar surface area (TPSA) is 46.5 Å². The molecule has 0 aromatic heterocycles. The lowest BCUT2D eigenvalue weighted by Gasteiger charge is -2.03. The molecule has 4 heteroatoms. The van der Waals surface area contributed by atoms with Gasteiger partial charge in [0.25, 0.3) is 0 Å². The maximum absolute atomic E-state index is 11.9. The van der Waals surface area contributed by atoms with E-state index in [1.807, 2.05) is 0 Å². The number of rotatable bonds is 4. The molecule has 0 amide bonds. The van der Waals surface area contributed by atoms with Gasteiger partial charge < -0.3 is 9.84 Å². The van der Waals surface area contributed by atoms with Crippen LogP contribution in [0.1, 0.15) is 15.9 Å². The van der Waals surface area contributed by atoms with Crippen LogP contribution in [0.3, 0.4) is 0 Å². The van der Waals surface area contributed by atoms with Crippen LogP contribution in [0.2, 0.25) is 5.02 Å². The number of halogens is 1. The Morgan fingerprint density at radius 3 is 2.55 bits per heavy atom. The van der Waals surface area contributed by atoms with E-state index in [2.05, 4.69) is 0 Å². The highest BCUT2D eigenvalue weighted by molar-refractivity contribution is 6.30. The second-order valence-corrected chi connectivity index (χ2v) is 4.57. The summed E-state index contributed by atoms with van der Waals surface area (Å²) in [5, 5.41) is 10.1. The fourth-order valence-electron chi connectivity index (χ4n) is 1.68. The number of hydrogen-bond donors (Lipinski definition) is 1. The second kappa shape index (κ2) is 6.26. The molecule has 0 atom stereocenters. The van der Waals surface area contributed by atoms with Crippen LogP contribution in [0.4, 0.5) is 0 Å². The Labute approximate surface area is 122 Å². The SMILES string of the molecule is COc1cc(/C=C\C(=O)c2ccc(Cl)cc2)ccc1O. The average molecular weight is 289 g/mol. The van der Waals surface area contributed by atoms with Crippen LogP contribution in [0, 0.1) is 0 Å². The molecule has 2 rings (SSSR count). The molecule has 0 saturated heterocycles. The predicted octanol–water partition coefficient (Wildman–Crippen LogP) is 3.95. The quantitative estimate of drug-likeness (QED) is 0.684. The zero-order valence-corrected chi connectivity index (χ0v) is 11.6. The molecule has 0 unspecified atom stereocenters. The lowest BCUT2D eigenvalue weighted by Crippen LogP contribution is -1.93. The summed E-state index contributed by atoms with van der Waals surface area (Å²) >= 11 is 5.77. The number of aromatic hydroxyl groups is 1. The van der Waals surface area contributed by atoms with Crippen molar-refractivity contribution in [2.24, 2.45) is 0 Å². The molecular weight excluding hydrogens is 276 g/mol. The fraction of sp³-hybridized carbons (Fsp3) is 0.0625. The number of hydrogen-bond acceptors (Lipinski definition) is 3. The van der Waals surface area contributed by atoms with Gasteiger partial charge in [-0.25, -0.2) is 0 Å². The van der Waals surface area contributed by atoms with Gasteiger partial charge in [-0.05, 0) is 48.0 Å². The van der Waals surface area contributed by atoms with Crippen molar-refractivity contribution in [3.63, 3.8) is 0 Å². The molecule has 0 heterocycles. The van der Waals surface area contributed by atoms with Crippen LogP contribution in [0.15, 0.2) is 48.5 Å². The maximum Gasteiger partial charge on any atom is 0.185 e. The summed E-state index contributed by atoms with van der Waals surface area (Å²) in [4.78, 5) is 11.9. The normalized spacial score (nSPS) is 10.7. The highest BCUT2D eigenvalue weighted by Gasteiger charge is 2.03. The number of allylic oxidation sites excluding steroid dienone is 1. The molecule has 3 nitrogen and oxygen atoms in total. The van der Waals surface area contributed by atoms with E-state index < -0.39 is 0 Å². The predicted molar refractivity (Wildman–Crippen MR) is 79.5 cm³/mol. The standard InChI is InChI=1S/C16H13ClO3/c1-20-16-10-11(3-9-15(16)19)2-8-14(18)12-4-6-13(17)7-5-12/h2-10,19H,1H3/b8-2-. The third kappa shape index (κ3) is 3.39. The summed E-state index contributed by atoms with van der Waals surface area (Å²) in [5.41, 5.74) is 1.33. The van der Waals surface area contributed by atoms with Gasteiger partial charge in [0.15, 0.2) is 17.3 Å². The van der Waals surface area contributed by atoms with Crippen LogP contribution < -0.4 is 4.74 Å². The molecule has 0 aliphatic carbocycles. The van der Waals surface area contributed by atoms with Crippen molar-refractivity contribution < 1.29 is 14.6 Å². The third-order valence-electron chi connectivity index (χ3n) is 2.76. The van der Waals surface area contributed by atoms with Gasteiger partial charge in [-0.1, -0.05) is 23.7 Å². The van der Waals surface area contributed by atoms with Crippen LogP contribution in [0.5, 0.6) is 11.5 Å². The fourth-order valence-corrected chi connectivity index (χ4v) is 1.81. The summed E-state index contributed by atoms with van der Waals surface area (Å²) < 4.78 is 5.01. The van der Waals surface area contributed by atoms with Gasteiger partial charge >= 0.3 is 0 Å². The molecule has 1 N–H and O–H groups in total. The molecule has 0 aliphatic heterocycles. The van der Waals surface area contributed by atoms with Gasteiger partial charge in [-0.15, -0.1) is 0 Å². The van der Waals surface area contributed by atoms with E-state index in [9.17, 15) is 9.90 Å². The van der Waals surface area contributed by atoms with Crippen molar-refractivity contribution in [1.82, 2.24) is 0 Å². The molecule has 2 aromatic rings. The Bertz CT molecular complexity index is 645. The first-order valence-corrected chi connectivity index (χ1v) is 6.33. The largest absolute Gasteiger partial charge is 0.504 e. The Balaban J connectivity index is 2.16. The van der Waals surface area contributed by atoms with Gasteiger partial charge in [0, 0.05) is 10.6 Å². The number of carbonyl (C=O) groups excluding carboxylic acids is 1. The van der Waals surface area contributed by atoms with E-state index >= 15 is 0 Å². The number of phenols is 1. The summed E-state index contributed by atoms with van der Waals surface area (Å²) in [7, 11) is 1.47. The van der Waals surface area contributed by atoms with Crippen molar-refractivity contribution >= 4 is 23.5 Å². The van der Waals surface area contributed by atoms with E-state index in [-0.39, 0.29) is 11.5 Å². The lowest BCUT2D eigenvalue weighted by molar-refractivity contribution is 0.104. The highest BCUT2D eigenvalue weighted by Crippen LogP contribution is 2.26. The summed E-state index contributed by atoms with van der Waals surface area (Å²) in [6.07, 6.45) is 3.13. The summed E-state index contributed by atoms with van der Waals surface area (Å²) in [6.45, 7) is 0. The van der Waals surface area contributed by atoms with E-state index in [4.69, 9.17) is 16.3 Å². The Hall–Kier alpha value is -2.26. The number of methoxy groups -OCH3 is 1. The zero-order valence-electron chi connectivity index (χ0n) is 10.8. The first-order valence-electron chi connectivity index (χ1n) is 5.95. The minimum Gasteiger partial charge on any atom is -0.504 e. The van der Waals surface area contributed by atoms with Gasteiger partial charge in [-0.2, -0.15) is 0 Å². The van der Waals surface area contributed by atoms with Crippen molar-refractivity contribution in [2.45, 2.75) is 0 Å². The molecule has 102 valence electrons. The number of ketones is 1. The van der Waals surface area contributed by atoms with Crippen LogP contribution >= 0.6 is 11.6 Å². The highest BCUT2D eigenvalue weighted by atomic mass is 35.5. The zero-order chi connectivity index (χ0) is 14.5. The van der Waals surface area contributed by atoms with E-state index in [0.717, 1.165) is 5.56 Å². The lowest BCUT2D eigenvalue weighted by atomic mass is 10.1. The van der Waals surface area contributed by atoms with E-state index in [1.165, 1.54) is 19.3 Å². The minimum absolute atomic E-state index is 0.0636. The molecule has 0 aliphatic rings. The number of benzene rings is 2. The van der Waals surface area contributed by atoms with Crippen LogP contribution in [-0.2, 0) is 0 Å². The first-order chi connectivity index (χ1) is 9.60. The summed E-state index contributed by atoms with van der Waals surface area (Å²) in [6, 6.07) is 11.6. The minimum atomic E-state index is -0.117. The van der Waals surface area contributed by atoms with Gasteiger partial charge in [-0.3, -0.25) is 4.79 Å². The average Bonchev–Trinajstić information content (AvgIpc) is 2.46.